The van der Waals surface area contributed by atoms with Gasteiger partial charge in [0, 0.05) is 18.3 Å². The molecule has 1 fully saturated rings. The second-order valence-electron chi connectivity index (χ2n) is 5.92. The van der Waals surface area contributed by atoms with Crippen LogP contribution in [0.15, 0.2) is 41.8 Å². The largest absolute Gasteiger partial charge is 0.399 e. The van der Waals surface area contributed by atoms with E-state index in [4.69, 9.17) is 5.73 Å². The summed E-state index contributed by atoms with van der Waals surface area (Å²) in [6.45, 7) is 4.11. The van der Waals surface area contributed by atoms with Gasteiger partial charge in [0.05, 0.1) is 4.90 Å². The summed E-state index contributed by atoms with van der Waals surface area (Å²) < 4.78 is 55.7. The molecule has 1 saturated carbocycles. The molecule has 0 spiro atoms. The first-order valence-corrected chi connectivity index (χ1v) is 8.45. The molecule has 3 rings (SSSR count). The van der Waals surface area contributed by atoms with Gasteiger partial charge < -0.3 is 5.73 Å². The van der Waals surface area contributed by atoms with Crippen LogP contribution in [0, 0.1) is 23.3 Å². The molecule has 0 radical (unpaired) electrons. The first-order valence-electron chi connectivity index (χ1n) is 7.68. The molecule has 0 amide bonds. The molecule has 0 aromatic heterocycles. The smallest absolute Gasteiger partial charge is 0.198 e. The highest BCUT2D eigenvalue weighted by Crippen LogP contribution is 2.39. The van der Waals surface area contributed by atoms with Crippen LogP contribution in [0.5, 0.6) is 0 Å². The van der Waals surface area contributed by atoms with Crippen LogP contribution in [-0.4, -0.2) is 10.3 Å². The van der Waals surface area contributed by atoms with Gasteiger partial charge >= 0.3 is 0 Å². The zero-order valence-electron chi connectivity index (χ0n) is 13.2. The van der Waals surface area contributed by atoms with E-state index < -0.39 is 23.3 Å². The van der Waals surface area contributed by atoms with Gasteiger partial charge in [0.1, 0.15) is 0 Å². The first kappa shape index (κ1) is 17.8. The summed E-state index contributed by atoms with van der Waals surface area (Å²) in [7, 11) is 0. The van der Waals surface area contributed by atoms with E-state index in [-0.39, 0.29) is 10.9 Å². The van der Waals surface area contributed by atoms with Gasteiger partial charge in [0.15, 0.2) is 23.3 Å². The third-order valence-electron chi connectivity index (χ3n) is 3.90. The highest BCUT2D eigenvalue weighted by atomic mass is 32.2. The van der Waals surface area contributed by atoms with Crippen molar-refractivity contribution in [1.82, 2.24) is 4.31 Å². The second kappa shape index (κ2) is 7.09. The van der Waals surface area contributed by atoms with Gasteiger partial charge in [-0.05, 0) is 42.0 Å². The van der Waals surface area contributed by atoms with E-state index in [2.05, 4.69) is 6.58 Å². The van der Waals surface area contributed by atoms with E-state index in [1.165, 1.54) is 0 Å². The Morgan fingerprint density at radius 2 is 1.72 bits per heavy atom. The standard InChI is InChI=1S/C18H16F4N2S/c1-10(23)12-4-2-11(3-5-12)9-24(13-6-7-13)25-15-8-14(19)16(20)18(22)17(15)21/h2-5,8,13H,1,6-7,9,23H2. The van der Waals surface area contributed by atoms with Crippen molar-refractivity contribution >= 4 is 17.6 Å². The minimum Gasteiger partial charge on any atom is -0.399 e. The van der Waals surface area contributed by atoms with Crippen molar-refractivity contribution in [3.8, 4) is 0 Å². The summed E-state index contributed by atoms with van der Waals surface area (Å²) >= 11 is 0.898. The Kier molecular flexibility index (Phi) is 5.06. The topological polar surface area (TPSA) is 29.3 Å². The van der Waals surface area contributed by atoms with Crippen molar-refractivity contribution in [3.63, 3.8) is 0 Å². The monoisotopic (exact) mass is 368 g/mol. The molecule has 2 N–H and O–H groups in total. The van der Waals surface area contributed by atoms with Gasteiger partial charge in [-0.15, -0.1) is 0 Å². The van der Waals surface area contributed by atoms with Crippen molar-refractivity contribution in [3.05, 3.63) is 71.3 Å². The third kappa shape index (κ3) is 3.99. The molecule has 1 aliphatic carbocycles. The average molecular weight is 368 g/mol. The Labute approximate surface area is 147 Å². The maximum Gasteiger partial charge on any atom is 0.198 e. The molecule has 0 unspecified atom stereocenters. The molecule has 2 aromatic rings. The zero-order valence-corrected chi connectivity index (χ0v) is 14.1. The van der Waals surface area contributed by atoms with E-state index in [1.807, 2.05) is 28.6 Å². The number of benzene rings is 2. The van der Waals surface area contributed by atoms with Crippen LogP contribution < -0.4 is 5.73 Å². The quantitative estimate of drug-likeness (QED) is 0.342. The Morgan fingerprint density at radius 1 is 1.08 bits per heavy atom. The van der Waals surface area contributed by atoms with Crippen molar-refractivity contribution in [2.75, 3.05) is 0 Å². The lowest BCUT2D eigenvalue weighted by Gasteiger charge is -2.21. The number of halogens is 4. The van der Waals surface area contributed by atoms with Gasteiger partial charge in [-0.1, -0.05) is 30.8 Å². The van der Waals surface area contributed by atoms with Crippen molar-refractivity contribution in [2.24, 2.45) is 5.73 Å². The number of hydrogen-bond donors (Lipinski definition) is 1. The molecule has 0 saturated heterocycles. The van der Waals surface area contributed by atoms with Crippen LogP contribution in [0.1, 0.15) is 24.0 Å². The molecule has 7 heteroatoms. The predicted octanol–water partition coefficient (Wildman–Crippen LogP) is 4.84. The molecule has 2 aromatic carbocycles. The fraction of sp³-hybridized carbons (Fsp3) is 0.222. The number of nitrogens with zero attached hydrogens (tertiary/aromatic N) is 1. The molecule has 25 heavy (non-hydrogen) atoms. The number of nitrogens with two attached hydrogens (primary N) is 1. The minimum absolute atomic E-state index is 0.185. The molecule has 2 nitrogen and oxygen atoms in total. The predicted molar refractivity (Wildman–Crippen MR) is 90.4 cm³/mol. The third-order valence-corrected chi connectivity index (χ3v) is 5.06. The lowest BCUT2D eigenvalue weighted by molar-refractivity contribution is 0.395. The van der Waals surface area contributed by atoms with Crippen LogP contribution in [0.25, 0.3) is 5.70 Å². The SMILES string of the molecule is C=C(N)c1ccc(CN(Sc2cc(F)c(F)c(F)c2F)C2CC2)cc1. The molecular weight excluding hydrogens is 352 g/mol. The van der Waals surface area contributed by atoms with E-state index in [0.717, 1.165) is 35.9 Å². The van der Waals surface area contributed by atoms with Crippen molar-refractivity contribution in [2.45, 2.75) is 30.3 Å². The number of rotatable bonds is 6. The Balaban J connectivity index is 1.80. The van der Waals surface area contributed by atoms with Gasteiger partial charge in [-0.3, -0.25) is 0 Å². The van der Waals surface area contributed by atoms with Crippen LogP contribution in [0.3, 0.4) is 0 Å². The molecule has 0 heterocycles. The summed E-state index contributed by atoms with van der Waals surface area (Å²) in [5.74, 6) is -6.35. The molecule has 0 aliphatic heterocycles. The van der Waals surface area contributed by atoms with E-state index >= 15 is 0 Å². The van der Waals surface area contributed by atoms with Gasteiger partial charge in [0.2, 0.25) is 0 Å². The summed E-state index contributed by atoms with van der Waals surface area (Å²) in [6, 6.07) is 8.26. The molecular formula is C18H16F4N2S. The average Bonchev–Trinajstić information content (AvgIpc) is 3.42. The summed E-state index contributed by atoms with van der Waals surface area (Å²) in [6.07, 6.45) is 1.83. The highest BCUT2D eigenvalue weighted by molar-refractivity contribution is 7.97. The fourth-order valence-corrected chi connectivity index (χ4v) is 3.50. The van der Waals surface area contributed by atoms with Gasteiger partial charge in [0.25, 0.3) is 0 Å². The first-order chi connectivity index (χ1) is 11.9. The van der Waals surface area contributed by atoms with E-state index in [9.17, 15) is 17.6 Å². The van der Waals surface area contributed by atoms with Crippen LogP contribution in [0.2, 0.25) is 0 Å². The molecule has 0 bridgehead atoms. The minimum atomic E-state index is -1.79. The normalized spacial score (nSPS) is 14.1. The van der Waals surface area contributed by atoms with Crippen LogP contribution in [-0.2, 0) is 6.54 Å². The summed E-state index contributed by atoms with van der Waals surface area (Å²) in [4.78, 5) is -0.268. The highest BCUT2D eigenvalue weighted by Gasteiger charge is 2.31. The molecule has 1 aliphatic rings. The fourth-order valence-electron chi connectivity index (χ4n) is 2.35. The summed E-state index contributed by atoms with van der Waals surface area (Å²) in [5, 5.41) is 0. The Hall–Kier alpha value is -1.99. The van der Waals surface area contributed by atoms with E-state index in [1.54, 1.807) is 0 Å². The van der Waals surface area contributed by atoms with Gasteiger partial charge in [-0.2, -0.15) is 0 Å². The lowest BCUT2D eigenvalue weighted by Crippen LogP contribution is -2.18. The van der Waals surface area contributed by atoms with Crippen molar-refractivity contribution in [1.29, 1.82) is 0 Å². The Morgan fingerprint density at radius 3 is 2.28 bits per heavy atom. The Bertz CT molecular complexity index is 804. The zero-order chi connectivity index (χ0) is 18.1. The lowest BCUT2D eigenvalue weighted by atomic mass is 10.1. The van der Waals surface area contributed by atoms with Gasteiger partial charge in [-0.25, -0.2) is 21.9 Å². The van der Waals surface area contributed by atoms with Crippen LogP contribution >= 0.6 is 11.9 Å². The van der Waals surface area contributed by atoms with Crippen LogP contribution in [0.4, 0.5) is 17.6 Å². The molecule has 132 valence electrons. The molecule has 0 atom stereocenters. The van der Waals surface area contributed by atoms with E-state index in [0.29, 0.717) is 18.3 Å². The summed E-state index contributed by atoms with van der Waals surface area (Å²) in [5.41, 5.74) is 7.83. The van der Waals surface area contributed by atoms with Crippen molar-refractivity contribution < 1.29 is 17.6 Å². The maximum atomic E-state index is 13.9. The second-order valence-corrected chi connectivity index (χ2v) is 7.01. The maximum absolute atomic E-state index is 13.9. The number of hydrogen-bond acceptors (Lipinski definition) is 3.